The molecule has 0 saturated heterocycles. The molecule has 0 aliphatic carbocycles. The zero-order valence-corrected chi connectivity index (χ0v) is 12.3. The third-order valence-corrected chi connectivity index (χ3v) is 4.61. The molecular weight excluding hydrogens is 300 g/mol. The van der Waals surface area contributed by atoms with Gasteiger partial charge in [-0.15, -0.1) is 11.3 Å². The molecule has 0 radical (unpaired) electrons. The van der Waals surface area contributed by atoms with Gasteiger partial charge in [0, 0.05) is 22.2 Å². The van der Waals surface area contributed by atoms with Gasteiger partial charge in [0.25, 0.3) is 9.05 Å². The van der Waals surface area contributed by atoms with Crippen molar-refractivity contribution in [2.24, 2.45) is 0 Å². The summed E-state index contributed by atoms with van der Waals surface area (Å²) < 4.78 is 32.3. The summed E-state index contributed by atoms with van der Waals surface area (Å²) in [6, 6.07) is 1.23. The minimum Gasteiger partial charge on any atom is -0.459 e. The van der Waals surface area contributed by atoms with Gasteiger partial charge in [-0.1, -0.05) is 0 Å². The van der Waals surface area contributed by atoms with Gasteiger partial charge in [-0.3, -0.25) is 0 Å². The number of esters is 1. The molecule has 0 aromatic carbocycles. The molecule has 0 aliphatic rings. The highest BCUT2D eigenvalue weighted by atomic mass is 35.7. The first-order valence-corrected chi connectivity index (χ1v) is 8.28. The average molecular weight is 313 g/mol. The van der Waals surface area contributed by atoms with Crippen LogP contribution in [0.25, 0.3) is 0 Å². The van der Waals surface area contributed by atoms with E-state index >= 15 is 0 Å². The number of carbonyl (C=O) groups excluding carboxylic acids is 1. The predicted molar refractivity (Wildman–Crippen MR) is 68.9 cm³/mol. The van der Waals surface area contributed by atoms with Crippen LogP contribution in [0.3, 0.4) is 0 Å². The standard InChI is InChI=1S/C10H13ClO5S2/c1-3-15-4-5-16-10(12)8-6-9(7(2)17-8)18(11,13)14/h6H,3-5H2,1-2H3. The topological polar surface area (TPSA) is 69.7 Å². The van der Waals surface area contributed by atoms with E-state index in [1.807, 2.05) is 6.92 Å². The van der Waals surface area contributed by atoms with Gasteiger partial charge in [-0.25, -0.2) is 13.2 Å². The van der Waals surface area contributed by atoms with Crippen LogP contribution in [0.1, 0.15) is 21.5 Å². The Kier molecular flexibility index (Phi) is 5.58. The summed E-state index contributed by atoms with van der Waals surface area (Å²) in [6.07, 6.45) is 0. The van der Waals surface area contributed by atoms with Gasteiger partial charge in [-0.2, -0.15) is 0 Å². The first-order chi connectivity index (χ1) is 8.36. The summed E-state index contributed by atoms with van der Waals surface area (Å²) >= 11 is 1.03. The molecule has 0 atom stereocenters. The molecule has 0 bridgehead atoms. The van der Waals surface area contributed by atoms with Crippen molar-refractivity contribution >= 4 is 37.0 Å². The fourth-order valence-electron chi connectivity index (χ4n) is 1.22. The van der Waals surface area contributed by atoms with Crippen molar-refractivity contribution in [1.82, 2.24) is 0 Å². The highest BCUT2D eigenvalue weighted by Crippen LogP contribution is 2.28. The number of rotatable bonds is 6. The van der Waals surface area contributed by atoms with Crippen LogP contribution in [-0.2, 0) is 18.5 Å². The lowest BCUT2D eigenvalue weighted by molar-refractivity contribution is 0.0340. The molecule has 0 spiro atoms. The first kappa shape index (κ1) is 15.4. The molecule has 102 valence electrons. The maximum absolute atomic E-state index is 11.6. The number of aryl methyl sites for hydroxylation is 1. The summed E-state index contributed by atoms with van der Waals surface area (Å²) in [7, 11) is 1.41. The SMILES string of the molecule is CCOCCOC(=O)c1cc(S(=O)(=O)Cl)c(C)s1. The van der Waals surface area contributed by atoms with Crippen LogP contribution >= 0.6 is 22.0 Å². The fourth-order valence-corrected chi connectivity index (χ4v) is 3.77. The van der Waals surface area contributed by atoms with E-state index in [1.54, 1.807) is 6.92 Å². The van der Waals surface area contributed by atoms with E-state index in [4.69, 9.17) is 20.2 Å². The summed E-state index contributed by atoms with van der Waals surface area (Å²) in [5, 5.41) is 0. The van der Waals surface area contributed by atoms with E-state index in [-0.39, 0.29) is 16.4 Å². The molecule has 1 aromatic rings. The first-order valence-electron chi connectivity index (χ1n) is 5.16. The van der Waals surface area contributed by atoms with Crippen molar-refractivity contribution in [1.29, 1.82) is 0 Å². The van der Waals surface area contributed by atoms with E-state index in [1.165, 1.54) is 6.07 Å². The van der Waals surface area contributed by atoms with Gasteiger partial charge in [0.05, 0.1) is 11.5 Å². The normalized spacial score (nSPS) is 11.5. The minimum absolute atomic E-state index is 0.0501. The molecule has 1 heterocycles. The zero-order chi connectivity index (χ0) is 13.8. The number of halogens is 1. The number of hydrogen-bond donors (Lipinski definition) is 0. The Hall–Kier alpha value is -0.630. The molecule has 0 aliphatic heterocycles. The number of hydrogen-bond acceptors (Lipinski definition) is 6. The van der Waals surface area contributed by atoms with Crippen LogP contribution in [-0.4, -0.2) is 34.2 Å². The van der Waals surface area contributed by atoms with Crippen molar-refractivity contribution < 1.29 is 22.7 Å². The molecule has 0 amide bonds. The lowest BCUT2D eigenvalue weighted by Crippen LogP contribution is -2.09. The molecule has 0 unspecified atom stereocenters. The largest absolute Gasteiger partial charge is 0.459 e. The third-order valence-electron chi connectivity index (χ3n) is 2.00. The molecule has 18 heavy (non-hydrogen) atoms. The predicted octanol–water partition coefficient (Wildman–Crippen LogP) is 2.18. The van der Waals surface area contributed by atoms with E-state index in [9.17, 15) is 13.2 Å². The second-order valence-corrected chi connectivity index (χ2v) is 7.09. The molecule has 0 saturated carbocycles. The Morgan fingerprint density at radius 3 is 2.61 bits per heavy atom. The zero-order valence-electron chi connectivity index (χ0n) is 9.93. The summed E-state index contributed by atoms with van der Waals surface area (Å²) in [5.74, 6) is -0.575. The van der Waals surface area contributed by atoms with Crippen molar-refractivity contribution in [3.8, 4) is 0 Å². The Balaban J connectivity index is 2.71. The van der Waals surface area contributed by atoms with Crippen LogP contribution in [0.15, 0.2) is 11.0 Å². The second kappa shape index (κ2) is 6.51. The van der Waals surface area contributed by atoms with Crippen LogP contribution in [0.2, 0.25) is 0 Å². The Bertz CT molecular complexity index is 520. The number of ether oxygens (including phenoxy) is 2. The molecule has 8 heteroatoms. The minimum atomic E-state index is -3.83. The quantitative estimate of drug-likeness (QED) is 0.457. The smallest absolute Gasteiger partial charge is 0.348 e. The van der Waals surface area contributed by atoms with Gasteiger partial charge in [0.1, 0.15) is 11.5 Å². The van der Waals surface area contributed by atoms with Crippen LogP contribution in [0.4, 0.5) is 0 Å². The third kappa shape index (κ3) is 4.24. The van der Waals surface area contributed by atoms with Crippen molar-refractivity contribution in [2.45, 2.75) is 18.7 Å². The van der Waals surface area contributed by atoms with E-state index in [0.717, 1.165) is 11.3 Å². The van der Waals surface area contributed by atoms with Crippen LogP contribution < -0.4 is 0 Å². The molecule has 0 fully saturated rings. The van der Waals surface area contributed by atoms with Crippen molar-refractivity contribution in [3.63, 3.8) is 0 Å². The fraction of sp³-hybridized carbons (Fsp3) is 0.500. The molecule has 0 N–H and O–H groups in total. The van der Waals surface area contributed by atoms with Gasteiger partial charge >= 0.3 is 5.97 Å². The van der Waals surface area contributed by atoms with Crippen molar-refractivity contribution in [3.05, 3.63) is 15.8 Å². The number of carbonyl (C=O) groups is 1. The van der Waals surface area contributed by atoms with Crippen LogP contribution in [0, 0.1) is 6.92 Å². The summed E-state index contributed by atoms with van der Waals surface area (Å²) in [4.78, 5) is 12.2. The maximum Gasteiger partial charge on any atom is 0.348 e. The highest BCUT2D eigenvalue weighted by molar-refractivity contribution is 8.13. The summed E-state index contributed by atoms with van der Waals surface area (Å²) in [5.41, 5.74) is 0. The number of thiophene rings is 1. The summed E-state index contributed by atoms with van der Waals surface area (Å²) in [6.45, 7) is 4.41. The van der Waals surface area contributed by atoms with Crippen molar-refractivity contribution in [2.75, 3.05) is 19.8 Å². The lowest BCUT2D eigenvalue weighted by atomic mass is 10.4. The van der Waals surface area contributed by atoms with E-state index in [2.05, 4.69) is 0 Å². The van der Waals surface area contributed by atoms with Gasteiger partial charge in [-0.05, 0) is 19.9 Å². The molecule has 5 nitrogen and oxygen atoms in total. The van der Waals surface area contributed by atoms with E-state index in [0.29, 0.717) is 18.1 Å². The monoisotopic (exact) mass is 312 g/mol. The van der Waals surface area contributed by atoms with E-state index < -0.39 is 15.0 Å². The Morgan fingerprint density at radius 1 is 1.44 bits per heavy atom. The average Bonchev–Trinajstić information content (AvgIpc) is 2.66. The Labute approximate surface area is 114 Å². The van der Waals surface area contributed by atoms with Gasteiger partial charge in [0.2, 0.25) is 0 Å². The Morgan fingerprint density at radius 2 is 2.11 bits per heavy atom. The second-order valence-electron chi connectivity index (χ2n) is 3.30. The highest BCUT2D eigenvalue weighted by Gasteiger charge is 2.20. The van der Waals surface area contributed by atoms with Gasteiger partial charge < -0.3 is 9.47 Å². The maximum atomic E-state index is 11.6. The molecular formula is C10H13ClO5S2. The molecule has 1 rings (SSSR count). The molecule has 1 aromatic heterocycles. The van der Waals surface area contributed by atoms with Crippen LogP contribution in [0.5, 0.6) is 0 Å². The lowest BCUT2D eigenvalue weighted by Gasteiger charge is -2.02. The van der Waals surface area contributed by atoms with Gasteiger partial charge in [0.15, 0.2) is 0 Å².